The Morgan fingerprint density at radius 1 is 1.25 bits per heavy atom. The molecule has 0 bridgehead atoms. The highest BCUT2D eigenvalue weighted by Crippen LogP contribution is 2.28. The van der Waals surface area contributed by atoms with Gasteiger partial charge in [-0.05, 0) is 23.8 Å². The van der Waals surface area contributed by atoms with E-state index in [-0.39, 0.29) is 5.92 Å². The first kappa shape index (κ1) is 14.2. The Balaban J connectivity index is 2.12. The van der Waals surface area contributed by atoms with Gasteiger partial charge in [0.05, 0.1) is 24.8 Å². The summed E-state index contributed by atoms with van der Waals surface area (Å²) in [6, 6.07) is 17.4. The van der Waals surface area contributed by atoms with Gasteiger partial charge < -0.3 is 10.1 Å². The topological polar surface area (TPSA) is 45.0 Å². The van der Waals surface area contributed by atoms with Crippen molar-refractivity contribution in [3.05, 3.63) is 59.1 Å². The Labute approximate surface area is 123 Å². The van der Waals surface area contributed by atoms with Gasteiger partial charge in [-0.3, -0.25) is 0 Å². The largest absolute Gasteiger partial charge is 0.495 e. The fraction of sp³-hybridized carbons (Fsp3) is 0.188. The first-order valence-electron chi connectivity index (χ1n) is 6.26. The maximum atomic E-state index is 9.29. The van der Waals surface area contributed by atoms with Gasteiger partial charge in [-0.2, -0.15) is 5.26 Å². The van der Waals surface area contributed by atoms with Crippen LogP contribution >= 0.6 is 11.6 Å². The predicted octanol–water partition coefficient (Wildman–Crippen LogP) is 4.07. The van der Waals surface area contributed by atoms with Crippen LogP contribution in [0.3, 0.4) is 0 Å². The minimum Gasteiger partial charge on any atom is -0.495 e. The molecule has 2 aromatic carbocycles. The fourth-order valence-corrected chi connectivity index (χ4v) is 2.13. The van der Waals surface area contributed by atoms with E-state index in [1.165, 1.54) is 0 Å². The number of halogens is 1. The second-order valence-corrected chi connectivity index (χ2v) is 4.75. The van der Waals surface area contributed by atoms with Crippen LogP contribution in [0.1, 0.15) is 11.5 Å². The summed E-state index contributed by atoms with van der Waals surface area (Å²) in [4.78, 5) is 0. The van der Waals surface area contributed by atoms with Gasteiger partial charge in [-0.15, -0.1) is 0 Å². The van der Waals surface area contributed by atoms with Crippen molar-refractivity contribution in [2.75, 3.05) is 19.0 Å². The summed E-state index contributed by atoms with van der Waals surface area (Å²) in [7, 11) is 1.60. The van der Waals surface area contributed by atoms with Crippen LogP contribution in [-0.2, 0) is 0 Å². The van der Waals surface area contributed by atoms with Crippen molar-refractivity contribution in [3.8, 4) is 11.8 Å². The number of hydrogen-bond acceptors (Lipinski definition) is 3. The standard InChI is InChI=1S/C16H15ClN2O/c1-20-16-8-7-14(17)9-15(16)19-11-13(10-18)12-5-3-2-4-6-12/h2-9,13,19H,11H2,1H3. The van der Waals surface area contributed by atoms with Crippen molar-refractivity contribution < 1.29 is 4.74 Å². The molecular formula is C16H15ClN2O. The van der Waals surface area contributed by atoms with Gasteiger partial charge in [0.15, 0.2) is 0 Å². The third-order valence-corrected chi connectivity index (χ3v) is 3.25. The molecule has 0 aliphatic carbocycles. The van der Waals surface area contributed by atoms with E-state index in [4.69, 9.17) is 16.3 Å². The SMILES string of the molecule is COc1ccc(Cl)cc1NCC(C#N)c1ccccc1. The zero-order chi connectivity index (χ0) is 14.4. The average Bonchev–Trinajstić information content (AvgIpc) is 2.49. The second-order valence-electron chi connectivity index (χ2n) is 4.32. The molecule has 0 aromatic heterocycles. The molecule has 3 nitrogen and oxygen atoms in total. The van der Waals surface area contributed by atoms with Gasteiger partial charge in [-0.25, -0.2) is 0 Å². The average molecular weight is 287 g/mol. The molecule has 2 rings (SSSR count). The third kappa shape index (κ3) is 3.43. The minimum atomic E-state index is -0.222. The van der Waals surface area contributed by atoms with Crippen molar-refractivity contribution in [1.82, 2.24) is 0 Å². The first-order chi connectivity index (χ1) is 9.74. The van der Waals surface area contributed by atoms with Crippen LogP contribution in [-0.4, -0.2) is 13.7 Å². The number of nitrogens with zero attached hydrogens (tertiary/aromatic N) is 1. The van der Waals surface area contributed by atoms with E-state index in [0.717, 1.165) is 11.3 Å². The summed E-state index contributed by atoms with van der Waals surface area (Å²) in [6.07, 6.45) is 0. The second kappa shape index (κ2) is 6.83. The van der Waals surface area contributed by atoms with E-state index in [1.807, 2.05) is 30.3 Å². The number of hydrogen-bond donors (Lipinski definition) is 1. The molecule has 102 valence electrons. The van der Waals surface area contributed by atoms with Crippen molar-refractivity contribution in [2.45, 2.75) is 5.92 Å². The molecule has 1 unspecified atom stereocenters. The normalized spacial score (nSPS) is 11.4. The Hall–Kier alpha value is -2.18. The monoisotopic (exact) mass is 286 g/mol. The number of rotatable bonds is 5. The number of anilines is 1. The fourth-order valence-electron chi connectivity index (χ4n) is 1.95. The van der Waals surface area contributed by atoms with Crippen LogP contribution in [0, 0.1) is 11.3 Å². The zero-order valence-electron chi connectivity index (χ0n) is 11.1. The highest BCUT2D eigenvalue weighted by Gasteiger charge is 2.11. The van der Waals surface area contributed by atoms with Crippen LogP contribution in [0.5, 0.6) is 5.75 Å². The van der Waals surface area contributed by atoms with Crippen LogP contribution in [0.15, 0.2) is 48.5 Å². The van der Waals surface area contributed by atoms with E-state index in [1.54, 1.807) is 25.3 Å². The van der Waals surface area contributed by atoms with Gasteiger partial charge in [0.1, 0.15) is 5.75 Å². The van der Waals surface area contributed by atoms with Gasteiger partial charge in [-0.1, -0.05) is 41.9 Å². The number of nitriles is 1. The smallest absolute Gasteiger partial charge is 0.142 e. The summed E-state index contributed by atoms with van der Waals surface area (Å²) in [5.41, 5.74) is 1.78. The summed E-state index contributed by atoms with van der Waals surface area (Å²) in [6.45, 7) is 0.497. The number of ether oxygens (including phenoxy) is 1. The highest BCUT2D eigenvalue weighted by molar-refractivity contribution is 6.30. The molecule has 2 aromatic rings. The molecule has 4 heteroatoms. The highest BCUT2D eigenvalue weighted by atomic mass is 35.5. The maximum absolute atomic E-state index is 9.29. The summed E-state index contributed by atoms with van der Waals surface area (Å²) >= 11 is 5.98. The molecule has 0 saturated carbocycles. The molecule has 0 aliphatic rings. The predicted molar refractivity (Wildman–Crippen MR) is 81.3 cm³/mol. The molecule has 20 heavy (non-hydrogen) atoms. The number of benzene rings is 2. The number of methoxy groups -OCH3 is 1. The summed E-state index contributed by atoms with van der Waals surface area (Å²) < 4.78 is 5.27. The van der Waals surface area contributed by atoms with Crippen molar-refractivity contribution in [1.29, 1.82) is 5.26 Å². The Morgan fingerprint density at radius 2 is 2.00 bits per heavy atom. The lowest BCUT2D eigenvalue weighted by Gasteiger charge is -2.14. The maximum Gasteiger partial charge on any atom is 0.142 e. The van der Waals surface area contributed by atoms with Crippen LogP contribution in [0.25, 0.3) is 0 Å². The Morgan fingerprint density at radius 3 is 2.65 bits per heavy atom. The molecule has 1 N–H and O–H groups in total. The molecule has 0 radical (unpaired) electrons. The lowest BCUT2D eigenvalue weighted by molar-refractivity contribution is 0.416. The van der Waals surface area contributed by atoms with Crippen LogP contribution in [0.2, 0.25) is 5.02 Å². The van der Waals surface area contributed by atoms with Gasteiger partial charge >= 0.3 is 0 Å². The lowest BCUT2D eigenvalue weighted by Crippen LogP contribution is -2.11. The van der Waals surface area contributed by atoms with Crippen LogP contribution < -0.4 is 10.1 Å². The molecule has 0 spiro atoms. The van der Waals surface area contributed by atoms with Crippen molar-refractivity contribution in [3.63, 3.8) is 0 Å². The lowest BCUT2D eigenvalue weighted by atomic mass is 10.0. The van der Waals surface area contributed by atoms with Crippen molar-refractivity contribution >= 4 is 17.3 Å². The van der Waals surface area contributed by atoms with Gasteiger partial charge in [0.25, 0.3) is 0 Å². The molecule has 0 heterocycles. The molecule has 0 aliphatic heterocycles. The van der Waals surface area contributed by atoms with E-state index in [2.05, 4.69) is 11.4 Å². The van der Waals surface area contributed by atoms with E-state index in [0.29, 0.717) is 17.3 Å². The minimum absolute atomic E-state index is 0.222. The Bertz CT molecular complexity index is 608. The molecule has 1 atom stereocenters. The molecule has 0 amide bonds. The van der Waals surface area contributed by atoms with E-state index >= 15 is 0 Å². The summed E-state index contributed by atoms with van der Waals surface area (Å²) in [5.74, 6) is 0.485. The van der Waals surface area contributed by atoms with Gasteiger partial charge in [0, 0.05) is 11.6 Å². The van der Waals surface area contributed by atoms with E-state index < -0.39 is 0 Å². The quantitative estimate of drug-likeness (QED) is 0.901. The Kier molecular flexibility index (Phi) is 4.86. The number of nitrogens with one attached hydrogen (secondary N) is 1. The van der Waals surface area contributed by atoms with E-state index in [9.17, 15) is 5.26 Å². The molecular weight excluding hydrogens is 272 g/mol. The summed E-state index contributed by atoms with van der Waals surface area (Å²) in [5, 5.41) is 13.1. The third-order valence-electron chi connectivity index (χ3n) is 3.02. The zero-order valence-corrected chi connectivity index (χ0v) is 11.9. The van der Waals surface area contributed by atoms with Crippen molar-refractivity contribution in [2.24, 2.45) is 0 Å². The van der Waals surface area contributed by atoms with Gasteiger partial charge in [0.2, 0.25) is 0 Å². The molecule has 0 saturated heterocycles. The first-order valence-corrected chi connectivity index (χ1v) is 6.64. The molecule has 0 fully saturated rings. The van der Waals surface area contributed by atoms with Crippen LogP contribution in [0.4, 0.5) is 5.69 Å².